The van der Waals surface area contributed by atoms with Gasteiger partial charge >= 0.3 is 5.97 Å². The van der Waals surface area contributed by atoms with Crippen molar-refractivity contribution >= 4 is 5.97 Å². The van der Waals surface area contributed by atoms with Gasteiger partial charge in [0.2, 0.25) is 0 Å². The molecule has 3 N–H and O–H groups in total. The Labute approximate surface area is 187 Å². The Morgan fingerprint density at radius 3 is 1.97 bits per heavy atom. The van der Waals surface area contributed by atoms with Crippen molar-refractivity contribution in [2.75, 3.05) is 46.2 Å². The second-order valence-corrected chi connectivity index (χ2v) is 7.67. The zero-order valence-corrected chi connectivity index (χ0v) is 19.1. The van der Waals surface area contributed by atoms with E-state index in [0.717, 1.165) is 63.1 Å². The number of rotatable bonds is 21. The average molecular weight is 440 g/mol. The summed E-state index contributed by atoms with van der Waals surface area (Å²) in [6.45, 7) is 6.42. The summed E-state index contributed by atoms with van der Waals surface area (Å²) in [7, 11) is 0. The first-order chi connectivity index (χ1) is 15.1. The van der Waals surface area contributed by atoms with Gasteiger partial charge in [0.25, 0.3) is 0 Å². The van der Waals surface area contributed by atoms with E-state index in [-0.39, 0.29) is 12.5 Å². The van der Waals surface area contributed by atoms with Gasteiger partial charge in [-0.15, -0.1) is 0 Å². The number of aliphatic carboxylic acids is 1. The molecule has 1 atom stereocenters. The molecule has 1 aromatic rings. The lowest BCUT2D eigenvalue weighted by Gasteiger charge is -2.10. The topological polar surface area (TPSA) is 100 Å². The number of unbranched alkanes of at least 4 members (excludes halogenated alkanes) is 5. The number of ether oxygens (including phenoxy) is 4. The minimum Gasteiger partial charge on any atom is -0.494 e. The standard InChI is InChI=1S/C24H41NO6/c1-21(25)22-10-9-11-23(20-22)31-15-8-3-2-6-13-28-16-18-30-19-17-29-14-7-4-5-12-24(26)27/h9-11,20-21H,2-8,12-19,25H2,1H3,(H,26,27)/t21-/m1/s1. The van der Waals surface area contributed by atoms with E-state index in [9.17, 15) is 4.79 Å². The minimum absolute atomic E-state index is 0.0235. The Bertz CT molecular complexity index is 567. The first kappa shape index (κ1) is 27.4. The first-order valence-corrected chi connectivity index (χ1v) is 11.5. The van der Waals surface area contributed by atoms with Gasteiger partial charge in [0.1, 0.15) is 5.75 Å². The lowest BCUT2D eigenvalue weighted by Crippen LogP contribution is -2.10. The van der Waals surface area contributed by atoms with Gasteiger partial charge in [-0.05, 0) is 56.7 Å². The van der Waals surface area contributed by atoms with Gasteiger partial charge in [-0.3, -0.25) is 4.79 Å². The maximum absolute atomic E-state index is 10.4. The van der Waals surface area contributed by atoms with Gasteiger partial charge in [0.15, 0.2) is 0 Å². The zero-order chi connectivity index (χ0) is 22.6. The second kappa shape index (κ2) is 19.0. The van der Waals surface area contributed by atoms with Crippen LogP contribution >= 0.6 is 0 Å². The van der Waals surface area contributed by atoms with E-state index >= 15 is 0 Å². The summed E-state index contributed by atoms with van der Waals surface area (Å²) in [5.74, 6) is 0.154. The Morgan fingerprint density at radius 2 is 1.39 bits per heavy atom. The van der Waals surface area contributed by atoms with Crippen LogP contribution in [0.2, 0.25) is 0 Å². The van der Waals surface area contributed by atoms with E-state index < -0.39 is 5.97 Å². The normalized spacial score (nSPS) is 12.1. The molecule has 0 aliphatic rings. The maximum Gasteiger partial charge on any atom is 0.303 e. The number of hydrogen-bond acceptors (Lipinski definition) is 6. The maximum atomic E-state index is 10.4. The number of benzene rings is 1. The molecule has 7 nitrogen and oxygen atoms in total. The molecule has 0 heterocycles. The number of hydrogen-bond donors (Lipinski definition) is 2. The summed E-state index contributed by atoms with van der Waals surface area (Å²) in [6.07, 6.45) is 7.06. The third kappa shape index (κ3) is 16.7. The van der Waals surface area contributed by atoms with Gasteiger partial charge in [-0.2, -0.15) is 0 Å². The van der Waals surface area contributed by atoms with Crippen LogP contribution in [-0.2, 0) is 19.0 Å². The van der Waals surface area contributed by atoms with Crippen LogP contribution < -0.4 is 10.5 Å². The van der Waals surface area contributed by atoms with Crippen molar-refractivity contribution in [3.05, 3.63) is 29.8 Å². The van der Waals surface area contributed by atoms with Crippen LogP contribution in [0, 0.1) is 0 Å². The summed E-state index contributed by atoms with van der Waals surface area (Å²) < 4.78 is 22.3. The first-order valence-electron chi connectivity index (χ1n) is 11.5. The molecule has 178 valence electrons. The summed E-state index contributed by atoms with van der Waals surface area (Å²) in [5, 5.41) is 8.54. The molecular weight excluding hydrogens is 398 g/mol. The molecule has 0 aliphatic carbocycles. The average Bonchev–Trinajstić information content (AvgIpc) is 2.75. The minimum atomic E-state index is -0.735. The highest BCUT2D eigenvalue weighted by atomic mass is 16.5. The Morgan fingerprint density at radius 1 is 0.839 bits per heavy atom. The quantitative estimate of drug-likeness (QED) is 0.275. The van der Waals surface area contributed by atoms with Crippen molar-refractivity contribution in [2.45, 2.75) is 64.3 Å². The van der Waals surface area contributed by atoms with Gasteiger partial charge in [0.05, 0.1) is 33.0 Å². The Hall–Kier alpha value is -1.67. The lowest BCUT2D eigenvalue weighted by atomic mass is 10.1. The SMILES string of the molecule is C[C@@H](N)c1cccc(OCCCCCCOCCOCCOCCCCCC(=O)O)c1. The predicted molar refractivity (Wildman–Crippen MR) is 122 cm³/mol. The van der Waals surface area contributed by atoms with Crippen LogP contribution in [-0.4, -0.2) is 57.3 Å². The number of carboxylic acids is 1. The van der Waals surface area contributed by atoms with Crippen LogP contribution in [0.15, 0.2) is 24.3 Å². The molecule has 0 aromatic heterocycles. The van der Waals surface area contributed by atoms with E-state index in [0.29, 0.717) is 39.5 Å². The van der Waals surface area contributed by atoms with Crippen LogP contribution in [0.25, 0.3) is 0 Å². The van der Waals surface area contributed by atoms with Crippen molar-refractivity contribution < 1.29 is 28.8 Å². The molecule has 0 spiro atoms. The van der Waals surface area contributed by atoms with E-state index in [1.165, 1.54) is 0 Å². The van der Waals surface area contributed by atoms with Crippen LogP contribution in [0.3, 0.4) is 0 Å². The molecule has 7 heteroatoms. The van der Waals surface area contributed by atoms with Crippen molar-refractivity contribution in [3.8, 4) is 5.75 Å². The van der Waals surface area contributed by atoms with E-state index in [1.807, 2.05) is 31.2 Å². The molecule has 0 saturated heterocycles. The van der Waals surface area contributed by atoms with Crippen molar-refractivity contribution in [1.82, 2.24) is 0 Å². The molecule has 0 aliphatic heterocycles. The molecule has 0 fully saturated rings. The van der Waals surface area contributed by atoms with E-state index in [4.69, 9.17) is 29.8 Å². The van der Waals surface area contributed by atoms with Gasteiger partial charge < -0.3 is 29.8 Å². The molecule has 0 radical (unpaired) electrons. The molecule has 0 unspecified atom stereocenters. The highest BCUT2D eigenvalue weighted by Crippen LogP contribution is 2.18. The molecule has 0 amide bonds. The smallest absolute Gasteiger partial charge is 0.303 e. The van der Waals surface area contributed by atoms with E-state index in [2.05, 4.69) is 0 Å². The van der Waals surface area contributed by atoms with E-state index in [1.54, 1.807) is 0 Å². The fourth-order valence-corrected chi connectivity index (χ4v) is 2.94. The third-order valence-corrected chi connectivity index (χ3v) is 4.76. The van der Waals surface area contributed by atoms with Gasteiger partial charge in [-0.1, -0.05) is 25.0 Å². The highest BCUT2D eigenvalue weighted by molar-refractivity contribution is 5.66. The predicted octanol–water partition coefficient (Wildman–Crippen LogP) is 4.34. The number of carbonyl (C=O) groups is 1. The van der Waals surface area contributed by atoms with Crippen molar-refractivity contribution in [1.29, 1.82) is 0 Å². The summed E-state index contributed by atoms with van der Waals surface area (Å²) in [5.41, 5.74) is 6.99. The monoisotopic (exact) mass is 439 g/mol. The molecule has 31 heavy (non-hydrogen) atoms. The molecule has 1 aromatic carbocycles. The highest BCUT2D eigenvalue weighted by Gasteiger charge is 2.01. The van der Waals surface area contributed by atoms with Gasteiger partial charge in [-0.25, -0.2) is 0 Å². The summed E-state index contributed by atoms with van der Waals surface area (Å²) >= 11 is 0. The molecular formula is C24H41NO6. The number of nitrogens with two attached hydrogens (primary N) is 1. The summed E-state index contributed by atoms with van der Waals surface area (Å²) in [4.78, 5) is 10.4. The van der Waals surface area contributed by atoms with Gasteiger partial charge in [0, 0.05) is 25.7 Å². The largest absolute Gasteiger partial charge is 0.494 e. The van der Waals surface area contributed by atoms with Crippen LogP contribution in [0.1, 0.15) is 69.9 Å². The van der Waals surface area contributed by atoms with Crippen molar-refractivity contribution in [2.24, 2.45) is 5.73 Å². The Kier molecular flexibility index (Phi) is 16.8. The summed E-state index contributed by atoms with van der Waals surface area (Å²) in [6, 6.07) is 8.01. The fraction of sp³-hybridized carbons (Fsp3) is 0.708. The number of carboxylic acid groups (broad SMARTS) is 1. The molecule has 0 saturated carbocycles. The second-order valence-electron chi connectivity index (χ2n) is 7.67. The zero-order valence-electron chi connectivity index (χ0n) is 19.1. The Balaban J connectivity index is 1.77. The van der Waals surface area contributed by atoms with Crippen LogP contribution in [0.4, 0.5) is 0 Å². The van der Waals surface area contributed by atoms with Crippen molar-refractivity contribution in [3.63, 3.8) is 0 Å². The lowest BCUT2D eigenvalue weighted by molar-refractivity contribution is -0.137. The van der Waals surface area contributed by atoms with Crippen LogP contribution in [0.5, 0.6) is 5.75 Å². The third-order valence-electron chi connectivity index (χ3n) is 4.76. The fourth-order valence-electron chi connectivity index (χ4n) is 2.94. The molecule has 0 bridgehead atoms. The molecule has 1 rings (SSSR count).